The average Bonchev–Trinajstić information content (AvgIpc) is 3.37. The van der Waals surface area contributed by atoms with E-state index < -0.39 is 0 Å². The number of aromatic amines is 1. The van der Waals surface area contributed by atoms with Crippen LogP contribution in [0.15, 0.2) is 59.1 Å². The number of rotatable bonds is 1. The second-order valence-corrected chi connectivity index (χ2v) is 10.5. The number of benzene rings is 4. The molecule has 0 saturated carbocycles. The highest BCUT2D eigenvalue weighted by atomic mass is 79.9. The zero-order valence-corrected chi connectivity index (χ0v) is 21.7. The molecule has 1 fully saturated rings. The van der Waals surface area contributed by atoms with Crippen LogP contribution in [0.1, 0.15) is 36.5 Å². The van der Waals surface area contributed by atoms with Gasteiger partial charge in [0.25, 0.3) is 0 Å². The van der Waals surface area contributed by atoms with Crippen LogP contribution in [0.5, 0.6) is 0 Å². The van der Waals surface area contributed by atoms with Gasteiger partial charge >= 0.3 is 0 Å². The lowest BCUT2D eigenvalue weighted by Crippen LogP contribution is -2.24. The predicted octanol–water partition coefficient (Wildman–Crippen LogP) is 7.21. The maximum Gasteiger partial charge on any atom is 0.141 e. The topological polar surface area (TPSA) is 85.5 Å². The Balaban J connectivity index is 1.61. The smallest absolute Gasteiger partial charge is 0.141 e. The molecule has 4 aromatic carbocycles. The molecule has 5 aromatic rings. The summed E-state index contributed by atoms with van der Waals surface area (Å²) in [6.45, 7) is 3.72. The molecular weight excluding hydrogens is 524 g/mol. The Hall–Kier alpha value is -4.15. The molecule has 5 nitrogen and oxygen atoms in total. The van der Waals surface area contributed by atoms with Crippen molar-refractivity contribution in [3.05, 3.63) is 75.8 Å². The van der Waals surface area contributed by atoms with Gasteiger partial charge in [0.2, 0.25) is 0 Å². The van der Waals surface area contributed by atoms with Gasteiger partial charge in [-0.1, -0.05) is 46.0 Å². The van der Waals surface area contributed by atoms with Crippen LogP contribution in [0.3, 0.4) is 0 Å². The number of ether oxygens (including phenoxy) is 1. The van der Waals surface area contributed by atoms with Gasteiger partial charge in [0, 0.05) is 39.4 Å². The Labute approximate surface area is 222 Å². The molecule has 1 N–H and O–H groups in total. The zero-order valence-electron chi connectivity index (χ0n) is 20.2. The summed E-state index contributed by atoms with van der Waals surface area (Å²) in [5.74, 6) is 7.44. The van der Waals surface area contributed by atoms with Gasteiger partial charge in [-0.25, -0.2) is 4.98 Å². The zero-order chi connectivity index (χ0) is 25.6. The quantitative estimate of drug-likeness (QED) is 0.178. The van der Waals surface area contributed by atoms with Gasteiger partial charge in [-0.2, -0.15) is 10.5 Å². The van der Waals surface area contributed by atoms with Crippen LogP contribution in [-0.2, 0) is 4.74 Å². The minimum absolute atomic E-state index is 0.0346. The molecule has 1 saturated heterocycles. The second kappa shape index (κ2) is 9.06. The summed E-state index contributed by atoms with van der Waals surface area (Å²) in [6, 6.07) is 22.0. The highest BCUT2D eigenvalue weighted by Gasteiger charge is 2.25. The van der Waals surface area contributed by atoms with E-state index >= 15 is 0 Å². The molecule has 0 atom stereocenters. The van der Waals surface area contributed by atoms with Crippen LogP contribution in [0.2, 0.25) is 0 Å². The largest absolute Gasteiger partial charge is 0.381 e. The van der Waals surface area contributed by atoms with Crippen LogP contribution in [0.4, 0.5) is 0 Å². The summed E-state index contributed by atoms with van der Waals surface area (Å²) in [7, 11) is 0. The minimum atomic E-state index is -0.0346. The van der Waals surface area contributed by atoms with Gasteiger partial charge in [0.1, 0.15) is 5.82 Å². The van der Waals surface area contributed by atoms with Crippen molar-refractivity contribution in [3.63, 3.8) is 0 Å². The number of aromatic nitrogens is 2. The maximum atomic E-state index is 9.72. The summed E-state index contributed by atoms with van der Waals surface area (Å²) in [5, 5.41) is 23.6. The number of fused-ring (bicyclic) bond motifs is 6. The molecule has 1 aromatic heterocycles. The Morgan fingerprint density at radius 3 is 2.35 bits per heavy atom. The highest BCUT2D eigenvalue weighted by Crippen LogP contribution is 2.38. The van der Waals surface area contributed by atoms with Crippen LogP contribution < -0.4 is 0 Å². The third-order valence-corrected chi connectivity index (χ3v) is 7.66. The van der Waals surface area contributed by atoms with Crippen molar-refractivity contribution in [1.29, 1.82) is 10.5 Å². The number of nitrogens with zero attached hydrogens (tertiary/aromatic N) is 3. The van der Waals surface area contributed by atoms with E-state index in [2.05, 4.69) is 76.1 Å². The number of H-pyrrole nitrogens is 1. The molecule has 178 valence electrons. The fourth-order valence-electron chi connectivity index (χ4n) is 5.05. The first kappa shape index (κ1) is 23.3. The summed E-state index contributed by atoms with van der Waals surface area (Å²) < 4.78 is 6.50. The summed E-state index contributed by atoms with van der Waals surface area (Å²) >= 11 is 3.63. The van der Waals surface area contributed by atoms with Crippen molar-refractivity contribution < 1.29 is 4.74 Å². The molecule has 1 aliphatic rings. The van der Waals surface area contributed by atoms with E-state index in [1.54, 1.807) is 18.2 Å². The molecule has 1 aliphatic heterocycles. The van der Waals surface area contributed by atoms with Gasteiger partial charge in [-0.3, -0.25) is 0 Å². The molecule has 6 heteroatoms. The molecule has 0 amide bonds. The van der Waals surface area contributed by atoms with Crippen LogP contribution in [0.25, 0.3) is 44.0 Å². The van der Waals surface area contributed by atoms with Crippen molar-refractivity contribution >= 4 is 48.5 Å². The van der Waals surface area contributed by atoms with Crippen molar-refractivity contribution in [2.45, 2.75) is 19.8 Å². The number of nitrogens with one attached hydrogen (secondary N) is 1. The van der Waals surface area contributed by atoms with E-state index in [1.165, 1.54) is 0 Å². The molecule has 37 heavy (non-hydrogen) atoms. The number of hydrogen-bond acceptors (Lipinski definition) is 4. The van der Waals surface area contributed by atoms with Gasteiger partial charge in [-0.05, 0) is 66.9 Å². The third-order valence-electron chi connectivity index (χ3n) is 7.17. The van der Waals surface area contributed by atoms with Crippen LogP contribution in [0, 0.1) is 39.9 Å². The first-order valence-corrected chi connectivity index (χ1v) is 12.9. The Morgan fingerprint density at radius 1 is 0.919 bits per heavy atom. The molecule has 0 radical (unpaired) electrons. The molecule has 0 aliphatic carbocycles. The molecule has 2 heterocycles. The average molecular weight is 545 g/mol. The second-order valence-electron chi connectivity index (χ2n) is 9.63. The van der Waals surface area contributed by atoms with E-state index in [0.29, 0.717) is 22.5 Å². The number of nitriles is 2. The fourth-order valence-corrected chi connectivity index (χ4v) is 5.41. The first-order chi connectivity index (χ1) is 18.0. The van der Waals surface area contributed by atoms with Crippen molar-refractivity contribution in [2.24, 2.45) is 5.41 Å². The summed E-state index contributed by atoms with van der Waals surface area (Å²) in [6.07, 6.45) is 1.88. The lowest BCUT2D eigenvalue weighted by molar-refractivity contribution is 0.0487. The fraction of sp³-hybridized carbons (Fsp3) is 0.194. The van der Waals surface area contributed by atoms with Crippen molar-refractivity contribution in [3.8, 4) is 35.4 Å². The standard InChI is InChI=1S/C31H21BrN4O/c1-31(11-13-37-14-12-31)10-9-19-5-7-23-25(15-19)26-16-22(32)6-8-24(26)29-28(23)35-30(36-29)27-20(17-33)3-2-4-21(27)18-34/h2-8,15-16H,11-14H2,1H3,(H,35,36). The molecule has 0 bridgehead atoms. The van der Waals surface area contributed by atoms with E-state index in [4.69, 9.17) is 9.72 Å². The Bertz CT molecular complexity index is 1840. The molecular formula is C31H21BrN4O. The van der Waals surface area contributed by atoms with E-state index in [1.807, 2.05) is 12.1 Å². The van der Waals surface area contributed by atoms with Gasteiger partial charge in [0.05, 0.1) is 39.9 Å². The van der Waals surface area contributed by atoms with Gasteiger partial charge in [-0.15, -0.1) is 0 Å². The summed E-state index contributed by atoms with van der Waals surface area (Å²) in [4.78, 5) is 8.37. The Morgan fingerprint density at radius 2 is 1.62 bits per heavy atom. The van der Waals surface area contributed by atoms with E-state index in [-0.39, 0.29) is 5.41 Å². The molecule has 0 spiro atoms. The highest BCUT2D eigenvalue weighted by molar-refractivity contribution is 9.10. The molecule has 0 unspecified atom stereocenters. The SMILES string of the molecule is CC1(C#Cc2ccc3c(c2)c2cc(Br)ccc2c2nc(-c4c(C#N)cccc4C#N)[nH]c32)CCOCC1. The van der Waals surface area contributed by atoms with Crippen molar-refractivity contribution in [1.82, 2.24) is 9.97 Å². The number of halogens is 1. The number of imidazole rings is 1. The van der Waals surface area contributed by atoms with Crippen LogP contribution in [-0.4, -0.2) is 23.2 Å². The van der Waals surface area contributed by atoms with Crippen molar-refractivity contribution in [2.75, 3.05) is 13.2 Å². The predicted molar refractivity (Wildman–Crippen MR) is 149 cm³/mol. The minimum Gasteiger partial charge on any atom is -0.381 e. The van der Waals surface area contributed by atoms with E-state index in [0.717, 1.165) is 68.7 Å². The normalized spacial score (nSPS) is 14.7. The lowest BCUT2D eigenvalue weighted by atomic mass is 9.83. The lowest BCUT2D eigenvalue weighted by Gasteiger charge is -2.28. The first-order valence-electron chi connectivity index (χ1n) is 12.1. The third kappa shape index (κ3) is 4.04. The van der Waals surface area contributed by atoms with E-state index in [9.17, 15) is 10.5 Å². The van der Waals surface area contributed by atoms with Gasteiger partial charge in [0.15, 0.2) is 0 Å². The number of hydrogen-bond donors (Lipinski definition) is 1. The van der Waals surface area contributed by atoms with Crippen LogP contribution >= 0.6 is 15.9 Å². The summed E-state index contributed by atoms with van der Waals surface area (Å²) in [5.41, 5.74) is 3.94. The maximum absolute atomic E-state index is 9.72. The molecule has 6 rings (SSSR count). The van der Waals surface area contributed by atoms with Gasteiger partial charge < -0.3 is 9.72 Å². The Kier molecular flexibility index (Phi) is 5.69. The monoisotopic (exact) mass is 544 g/mol.